The summed E-state index contributed by atoms with van der Waals surface area (Å²) in [6.07, 6.45) is 1.81. The molecule has 4 heteroatoms. The zero-order chi connectivity index (χ0) is 9.97. The lowest BCUT2D eigenvalue weighted by Gasteiger charge is -2.09. The van der Waals surface area contributed by atoms with Gasteiger partial charge in [-0.3, -0.25) is 0 Å². The lowest BCUT2D eigenvalue weighted by atomic mass is 10.1. The van der Waals surface area contributed by atoms with Gasteiger partial charge >= 0.3 is 0 Å². The average molecular weight is 241 g/mol. The SMILES string of the molecule is Cc1cccc(C)c1Nc1nccs1.Cl. The van der Waals surface area contributed by atoms with Crippen molar-refractivity contribution in [1.29, 1.82) is 0 Å². The van der Waals surface area contributed by atoms with Crippen LogP contribution in [0.1, 0.15) is 11.1 Å². The van der Waals surface area contributed by atoms with Crippen LogP contribution in [0.5, 0.6) is 0 Å². The lowest BCUT2D eigenvalue weighted by Crippen LogP contribution is -1.94. The summed E-state index contributed by atoms with van der Waals surface area (Å²) in [4.78, 5) is 4.20. The molecule has 2 aromatic rings. The van der Waals surface area contributed by atoms with Crippen molar-refractivity contribution < 1.29 is 0 Å². The Morgan fingerprint density at radius 1 is 1.20 bits per heavy atom. The predicted molar refractivity (Wildman–Crippen MR) is 68.6 cm³/mol. The standard InChI is InChI=1S/C11H12N2S.ClH/c1-8-4-3-5-9(2)10(8)13-11-12-6-7-14-11;/h3-7H,1-2H3,(H,12,13);1H. The van der Waals surface area contributed by atoms with Crippen LogP contribution in [0.25, 0.3) is 0 Å². The second kappa shape index (κ2) is 5.14. The average Bonchev–Trinajstić information content (AvgIpc) is 2.64. The topological polar surface area (TPSA) is 24.9 Å². The van der Waals surface area contributed by atoms with Gasteiger partial charge < -0.3 is 5.32 Å². The molecular weight excluding hydrogens is 228 g/mol. The van der Waals surface area contributed by atoms with Crippen LogP contribution >= 0.6 is 23.7 Å². The molecule has 0 bridgehead atoms. The Morgan fingerprint density at radius 3 is 2.40 bits per heavy atom. The molecule has 0 aliphatic carbocycles. The molecule has 2 nitrogen and oxygen atoms in total. The second-order valence-corrected chi connectivity index (χ2v) is 4.12. The molecule has 0 spiro atoms. The number of nitrogens with one attached hydrogen (secondary N) is 1. The Bertz CT molecular complexity index is 406. The molecule has 0 aliphatic rings. The van der Waals surface area contributed by atoms with Crippen molar-refractivity contribution in [2.24, 2.45) is 0 Å². The van der Waals surface area contributed by atoms with Crippen LogP contribution in [0, 0.1) is 13.8 Å². The van der Waals surface area contributed by atoms with Crippen molar-refractivity contribution >= 4 is 34.6 Å². The van der Waals surface area contributed by atoms with Crippen LogP contribution in [-0.2, 0) is 0 Å². The van der Waals surface area contributed by atoms with Gasteiger partial charge in [0.15, 0.2) is 5.13 Å². The zero-order valence-electron chi connectivity index (χ0n) is 8.65. The number of halogens is 1. The van der Waals surface area contributed by atoms with E-state index in [2.05, 4.69) is 42.3 Å². The van der Waals surface area contributed by atoms with Gasteiger partial charge in [0, 0.05) is 17.3 Å². The summed E-state index contributed by atoms with van der Waals surface area (Å²) >= 11 is 1.61. The number of thiazole rings is 1. The minimum absolute atomic E-state index is 0. The summed E-state index contributed by atoms with van der Waals surface area (Å²) in [6, 6.07) is 6.27. The number of benzene rings is 1. The number of para-hydroxylation sites is 1. The van der Waals surface area contributed by atoms with Crippen LogP contribution in [0.3, 0.4) is 0 Å². The first-order chi connectivity index (χ1) is 6.77. The van der Waals surface area contributed by atoms with Gasteiger partial charge in [-0.05, 0) is 25.0 Å². The summed E-state index contributed by atoms with van der Waals surface area (Å²) in [5, 5.41) is 6.24. The van der Waals surface area contributed by atoms with E-state index in [-0.39, 0.29) is 12.4 Å². The second-order valence-electron chi connectivity index (χ2n) is 3.23. The van der Waals surface area contributed by atoms with Gasteiger partial charge in [-0.1, -0.05) is 18.2 Å². The first kappa shape index (κ1) is 12.0. The van der Waals surface area contributed by atoms with E-state index < -0.39 is 0 Å². The Hall–Kier alpha value is -1.06. The van der Waals surface area contributed by atoms with E-state index in [9.17, 15) is 0 Å². The Labute approximate surface area is 99.8 Å². The van der Waals surface area contributed by atoms with Crippen molar-refractivity contribution in [3.63, 3.8) is 0 Å². The molecule has 1 aromatic heterocycles. The van der Waals surface area contributed by atoms with E-state index in [0.717, 1.165) is 5.13 Å². The highest BCUT2D eigenvalue weighted by molar-refractivity contribution is 7.13. The Kier molecular flexibility index (Phi) is 4.12. The summed E-state index contributed by atoms with van der Waals surface area (Å²) in [5.41, 5.74) is 3.67. The Morgan fingerprint density at radius 2 is 1.87 bits per heavy atom. The lowest BCUT2D eigenvalue weighted by molar-refractivity contribution is 1.33. The summed E-state index contributed by atoms with van der Waals surface area (Å²) in [6.45, 7) is 4.20. The highest BCUT2D eigenvalue weighted by atomic mass is 35.5. The first-order valence-electron chi connectivity index (χ1n) is 4.50. The van der Waals surface area contributed by atoms with E-state index in [1.165, 1.54) is 16.8 Å². The number of aryl methyl sites for hydroxylation is 2. The number of anilines is 2. The van der Waals surface area contributed by atoms with E-state index in [4.69, 9.17) is 0 Å². The summed E-state index contributed by atoms with van der Waals surface area (Å²) < 4.78 is 0. The third-order valence-corrected chi connectivity index (χ3v) is 2.83. The fourth-order valence-corrected chi connectivity index (χ4v) is 1.94. The number of hydrogen-bond donors (Lipinski definition) is 1. The van der Waals surface area contributed by atoms with Gasteiger partial charge in [-0.25, -0.2) is 4.98 Å². The van der Waals surface area contributed by atoms with Crippen LogP contribution < -0.4 is 5.32 Å². The summed E-state index contributed by atoms with van der Waals surface area (Å²) in [7, 11) is 0. The van der Waals surface area contributed by atoms with E-state index >= 15 is 0 Å². The molecule has 80 valence electrons. The third-order valence-electron chi connectivity index (χ3n) is 2.15. The number of nitrogens with zero attached hydrogens (tertiary/aromatic N) is 1. The highest BCUT2D eigenvalue weighted by Gasteiger charge is 2.02. The predicted octanol–water partition coefficient (Wildman–Crippen LogP) is 3.93. The van der Waals surface area contributed by atoms with Gasteiger partial charge in [0.05, 0.1) is 0 Å². The Balaban J connectivity index is 0.00000112. The molecule has 15 heavy (non-hydrogen) atoms. The maximum Gasteiger partial charge on any atom is 0.187 e. The van der Waals surface area contributed by atoms with E-state index in [1.807, 2.05) is 5.38 Å². The summed E-state index contributed by atoms with van der Waals surface area (Å²) in [5.74, 6) is 0. The number of aromatic nitrogens is 1. The van der Waals surface area contributed by atoms with Gasteiger partial charge in [-0.2, -0.15) is 0 Å². The molecule has 1 aromatic carbocycles. The molecule has 0 saturated heterocycles. The normalized spacial score (nSPS) is 9.47. The third kappa shape index (κ3) is 2.70. The molecule has 1 heterocycles. The quantitative estimate of drug-likeness (QED) is 0.861. The number of rotatable bonds is 2. The maximum atomic E-state index is 4.20. The molecule has 1 N–H and O–H groups in total. The molecule has 2 rings (SSSR count). The number of hydrogen-bond acceptors (Lipinski definition) is 3. The fraction of sp³-hybridized carbons (Fsp3) is 0.182. The van der Waals surface area contributed by atoms with Crippen LogP contribution in [0.2, 0.25) is 0 Å². The first-order valence-corrected chi connectivity index (χ1v) is 5.38. The van der Waals surface area contributed by atoms with E-state index in [0.29, 0.717) is 0 Å². The molecule has 0 radical (unpaired) electrons. The van der Waals surface area contributed by atoms with Gasteiger partial charge in [0.2, 0.25) is 0 Å². The smallest absolute Gasteiger partial charge is 0.187 e. The largest absolute Gasteiger partial charge is 0.331 e. The van der Waals surface area contributed by atoms with Gasteiger partial charge in [0.1, 0.15) is 0 Å². The van der Waals surface area contributed by atoms with Crippen molar-refractivity contribution in [2.45, 2.75) is 13.8 Å². The van der Waals surface area contributed by atoms with Crippen molar-refractivity contribution in [1.82, 2.24) is 4.98 Å². The molecule has 0 unspecified atom stereocenters. The van der Waals surface area contributed by atoms with Crippen molar-refractivity contribution in [2.75, 3.05) is 5.32 Å². The van der Waals surface area contributed by atoms with Crippen LogP contribution in [0.4, 0.5) is 10.8 Å². The van der Waals surface area contributed by atoms with Crippen LogP contribution in [0.15, 0.2) is 29.8 Å². The van der Waals surface area contributed by atoms with Crippen LogP contribution in [-0.4, -0.2) is 4.98 Å². The molecule has 0 atom stereocenters. The molecule has 0 amide bonds. The van der Waals surface area contributed by atoms with Crippen molar-refractivity contribution in [3.8, 4) is 0 Å². The zero-order valence-corrected chi connectivity index (χ0v) is 10.3. The van der Waals surface area contributed by atoms with E-state index in [1.54, 1.807) is 17.5 Å². The molecule has 0 saturated carbocycles. The molecular formula is C11H13ClN2S. The minimum Gasteiger partial charge on any atom is -0.331 e. The maximum absolute atomic E-state index is 4.20. The fourth-order valence-electron chi connectivity index (χ4n) is 1.40. The minimum atomic E-state index is 0. The molecule has 0 aliphatic heterocycles. The van der Waals surface area contributed by atoms with Crippen molar-refractivity contribution in [3.05, 3.63) is 40.9 Å². The van der Waals surface area contributed by atoms with Gasteiger partial charge in [0.25, 0.3) is 0 Å². The molecule has 0 fully saturated rings. The monoisotopic (exact) mass is 240 g/mol. The highest BCUT2D eigenvalue weighted by Crippen LogP contribution is 2.24. The van der Waals surface area contributed by atoms with Gasteiger partial charge in [-0.15, -0.1) is 23.7 Å².